The van der Waals surface area contributed by atoms with E-state index in [0.29, 0.717) is 11.0 Å². The van der Waals surface area contributed by atoms with Gasteiger partial charge in [0.15, 0.2) is 0 Å². The molecule has 0 aliphatic heterocycles. The Morgan fingerprint density at radius 3 is 1.97 bits per heavy atom. The van der Waals surface area contributed by atoms with Gasteiger partial charge >= 0.3 is 13.8 Å². The van der Waals surface area contributed by atoms with E-state index in [2.05, 4.69) is 19.1 Å². The van der Waals surface area contributed by atoms with Crippen molar-refractivity contribution in [2.45, 2.75) is 103 Å². The Balaban J connectivity index is 3.75. The zero-order valence-corrected chi connectivity index (χ0v) is 23.7. The molecule has 0 bridgehead atoms. The Hall–Kier alpha value is -0.760. The quantitative estimate of drug-likeness (QED) is 0.0546. The number of carbonyl (C=O) groups is 1. The number of nitrogens with zero attached hydrogens (tertiary/aromatic N) is 1. The van der Waals surface area contributed by atoms with E-state index < -0.39 is 33.1 Å². The summed E-state index contributed by atoms with van der Waals surface area (Å²) in [7, 11) is 1.54. The highest BCUT2D eigenvalue weighted by molar-refractivity contribution is 7.47. The van der Waals surface area contributed by atoms with E-state index in [0.717, 1.165) is 32.1 Å². The Labute approximate surface area is 214 Å². The van der Waals surface area contributed by atoms with Crippen molar-refractivity contribution >= 4 is 13.8 Å². The van der Waals surface area contributed by atoms with E-state index in [1.54, 1.807) is 0 Å². The third-order valence-electron chi connectivity index (χ3n) is 5.58. The number of phosphoric acid groups is 1. The van der Waals surface area contributed by atoms with E-state index in [1.165, 1.54) is 51.4 Å². The van der Waals surface area contributed by atoms with Crippen LogP contribution < -0.4 is 0 Å². The highest BCUT2D eigenvalue weighted by atomic mass is 31.2. The molecule has 208 valence electrons. The third-order valence-corrected chi connectivity index (χ3v) is 6.57. The lowest BCUT2D eigenvalue weighted by Crippen LogP contribution is -2.37. The minimum absolute atomic E-state index is 0.0519. The van der Waals surface area contributed by atoms with Crippen LogP contribution in [0, 0.1) is 0 Å². The molecular formula is C26H53NO7P+. The zero-order chi connectivity index (χ0) is 26.4. The van der Waals surface area contributed by atoms with Gasteiger partial charge < -0.3 is 19.2 Å². The molecule has 0 aromatic heterocycles. The van der Waals surface area contributed by atoms with Crippen molar-refractivity contribution in [2.75, 3.05) is 47.5 Å². The first-order chi connectivity index (χ1) is 16.6. The van der Waals surface area contributed by atoms with Gasteiger partial charge in [-0.2, -0.15) is 0 Å². The van der Waals surface area contributed by atoms with Crippen molar-refractivity contribution in [2.24, 2.45) is 0 Å². The number of hydrogen-bond acceptors (Lipinski definition) is 6. The first kappa shape index (κ1) is 34.2. The van der Waals surface area contributed by atoms with Gasteiger partial charge in [-0.15, -0.1) is 0 Å². The van der Waals surface area contributed by atoms with Crippen molar-refractivity contribution in [3.8, 4) is 0 Å². The number of likely N-dealkylation sites (N-methyl/N-ethyl adjacent to an activating group) is 1. The molecule has 0 saturated carbocycles. The van der Waals surface area contributed by atoms with E-state index in [-0.39, 0.29) is 13.0 Å². The summed E-state index contributed by atoms with van der Waals surface area (Å²) >= 11 is 0. The van der Waals surface area contributed by atoms with Crippen molar-refractivity contribution < 1.29 is 37.6 Å². The van der Waals surface area contributed by atoms with Crippen LogP contribution in [-0.4, -0.2) is 74.1 Å². The fourth-order valence-electron chi connectivity index (χ4n) is 3.35. The fourth-order valence-corrected chi connectivity index (χ4v) is 4.10. The maximum Gasteiger partial charge on any atom is 0.472 e. The lowest BCUT2D eigenvalue weighted by Gasteiger charge is -2.24. The maximum absolute atomic E-state index is 12.0. The smallest absolute Gasteiger partial charge is 0.457 e. The molecule has 0 heterocycles. The molecule has 2 atom stereocenters. The van der Waals surface area contributed by atoms with Crippen LogP contribution in [-0.2, 0) is 23.1 Å². The van der Waals surface area contributed by atoms with Gasteiger partial charge in [-0.3, -0.25) is 13.8 Å². The second-order valence-corrected chi connectivity index (χ2v) is 11.7. The van der Waals surface area contributed by atoms with Gasteiger partial charge in [-0.05, 0) is 32.1 Å². The average molecular weight is 523 g/mol. The molecule has 0 aromatic carbocycles. The van der Waals surface area contributed by atoms with Crippen LogP contribution in [0.4, 0.5) is 0 Å². The second-order valence-electron chi connectivity index (χ2n) is 10.2. The largest absolute Gasteiger partial charge is 0.472 e. The van der Waals surface area contributed by atoms with E-state index in [9.17, 15) is 19.4 Å². The number of unbranched alkanes of at least 4 members (excludes halogenated alkanes) is 11. The molecular weight excluding hydrogens is 469 g/mol. The monoisotopic (exact) mass is 522 g/mol. The number of aliphatic hydroxyl groups excluding tert-OH is 1. The summed E-state index contributed by atoms with van der Waals surface area (Å²) in [6.07, 6.45) is 19.2. The number of esters is 1. The molecule has 8 nitrogen and oxygen atoms in total. The van der Waals surface area contributed by atoms with Gasteiger partial charge in [-0.25, -0.2) is 4.57 Å². The molecule has 9 heteroatoms. The van der Waals surface area contributed by atoms with Gasteiger partial charge in [0.25, 0.3) is 0 Å². The summed E-state index contributed by atoms with van der Waals surface area (Å²) in [6.45, 7) is 1.94. The number of rotatable bonds is 24. The van der Waals surface area contributed by atoms with Gasteiger partial charge in [0.05, 0.1) is 34.4 Å². The van der Waals surface area contributed by atoms with Crippen molar-refractivity contribution in [1.29, 1.82) is 0 Å². The van der Waals surface area contributed by atoms with Crippen molar-refractivity contribution in [1.82, 2.24) is 0 Å². The molecule has 2 N–H and O–H groups in total. The predicted molar refractivity (Wildman–Crippen MR) is 141 cm³/mol. The summed E-state index contributed by atoms with van der Waals surface area (Å²) in [5.41, 5.74) is 0. The molecule has 35 heavy (non-hydrogen) atoms. The Morgan fingerprint density at radius 1 is 0.886 bits per heavy atom. The standard InChI is InChI=1S/C26H52NO7P/c1-5-6-7-8-9-10-11-12-13-14-15-16-17-18-19-20-26(29)34-25(23-28)24-33-35(30,31)32-22-21-27(2,3)4/h12-13,25,28H,5-11,14-24H2,1-4H3/p+1/b13-12-. The summed E-state index contributed by atoms with van der Waals surface area (Å²) < 4.78 is 27.4. The predicted octanol–water partition coefficient (Wildman–Crippen LogP) is 5.77. The second kappa shape index (κ2) is 21.3. The van der Waals surface area contributed by atoms with Crippen molar-refractivity contribution in [3.05, 3.63) is 12.2 Å². The van der Waals surface area contributed by atoms with Gasteiger partial charge in [0, 0.05) is 6.42 Å². The van der Waals surface area contributed by atoms with Crippen LogP contribution >= 0.6 is 7.82 Å². The highest BCUT2D eigenvalue weighted by Gasteiger charge is 2.25. The molecule has 2 unspecified atom stereocenters. The molecule has 0 aromatic rings. The molecule has 0 aliphatic carbocycles. The van der Waals surface area contributed by atoms with Crippen LogP contribution in [0.2, 0.25) is 0 Å². The zero-order valence-electron chi connectivity index (χ0n) is 22.8. The van der Waals surface area contributed by atoms with Crippen LogP contribution in [0.3, 0.4) is 0 Å². The van der Waals surface area contributed by atoms with Crippen LogP contribution in [0.1, 0.15) is 96.8 Å². The van der Waals surface area contributed by atoms with E-state index in [1.807, 2.05) is 21.1 Å². The van der Waals surface area contributed by atoms with E-state index >= 15 is 0 Å². The number of quaternary nitrogens is 1. The third kappa shape index (κ3) is 24.7. The summed E-state index contributed by atoms with van der Waals surface area (Å²) in [6, 6.07) is 0. The Bertz CT molecular complexity index is 593. The van der Waals surface area contributed by atoms with Crippen LogP contribution in [0.15, 0.2) is 12.2 Å². The van der Waals surface area contributed by atoms with Crippen LogP contribution in [0.5, 0.6) is 0 Å². The average Bonchev–Trinajstić information content (AvgIpc) is 2.78. The molecule has 0 saturated heterocycles. The molecule has 0 radical (unpaired) electrons. The SMILES string of the molecule is CCCCCCCC/C=C\CCCCCCCC(=O)OC(CO)COP(=O)(O)OCC[N+](C)(C)C. The molecule has 0 aliphatic rings. The number of aliphatic hydroxyl groups is 1. The lowest BCUT2D eigenvalue weighted by molar-refractivity contribution is -0.870. The minimum Gasteiger partial charge on any atom is -0.457 e. The van der Waals surface area contributed by atoms with Crippen molar-refractivity contribution in [3.63, 3.8) is 0 Å². The lowest BCUT2D eigenvalue weighted by atomic mass is 10.1. The number of allylic oxidation sites excluding steroid dienone is 2. The van der Waals surface area contributed by atoms with Crippen LogP contribution in [0.25, 0.3) is 0 Å². The molecule has 0 amide bonds. The fraction of sp³-hybridized carbons (Fsp3) is 0.885. The maximum atomic E-state index is 12.0. The van der Waals surface area contributed by atoms with Gasteiger partial charge in [0.2, 0.25) is 0 Å². The first-order valence-corrected chi connectivity index (χ1v) is 15.0. The summed E-state index contributed by atoms with van der Waals surface area (Å²) in [5.74, 6) is -0.441. The number of phosphoric ester groups is 1. The Kier molecular flexibility index (Phi) is 20.9. The van der Waals surface area contributed by atoms with E-state index in [4.69, 9.17) is 13.8 Å². The molecule has 0 spiro atoms. The number of ether oxygens (including phenoxy) is 1. The summed E-state index contributed by atoms with van der Waals surface area (Å²) in [4.78, 5) is 21.7. The van der Waals surface area contributed by atoms with Gasteiger partial charge in [0.1, 0.15) is 19.3 Å². The molecule has 0 fully saturated rings. The summed E-state index contributed by atoms with van der Waals surface area (Å²) in [5, 5.41) is 9.38. The molecule has 0 rings (SSSR count). The number of hydrogen-bond donors (Lipinski definition) is 2. The Morgan fingerprint density at radius 2 is 1.43 bits per heavy atom. The topological polar surface area (TPSA) is 102 Å². The number of carbonyl (C=O) groups excluding carboxylic acids is 1. The van der Waals surface area contributed by atoms with Gasteiger partial charge in [-0.1, -0.05) is 70.4 Å². The highest BCUT2D eigenvalue weighted by Crippen LogP contribution is 2.43. The minimum atomic E-state index is -4.26. The first-order valence-electron chi connectivity index (χ1n) is 13.5. The normalized spacial score (nSPS) is 14.8.